The molecule has 2 aromatic carbocycles. The van der Waals surface area contributed by atoms with Crippen LogP contribution in [0.1, 0.15) is 83.8 Å². The minimum absolute atomic E-state index is 0.0112. The zero-order chi connectivity index (χ0) is 39.2. The number of carbonyl (C=O) groups is 4. The highest BCUT2D eigenvalue weighted by Gasteiger charge is 2.39. The summed E-state index contributed by atoms with van der Waals surface area (Å²) >= 11 is 0. The van der Waals surface area contributed by atoms with E-state index < -0.39 is 6.04 Å². The highest BCUT2D eigenvalue weighted by Crippen LogP contribution is 2.36. The first-order valence-electron chi connectivity index (χ1n) is 20.6. The second-order valence-corrected chi connectivity index (χ2v) is 16.6. The summed E-state index contributed by atoms with van der Waals surface area (Å²) in [6.45, 7) is 7.45. The molecule has 1 unspecified atom stereocenters. The summed E-state index contributed by atoms with van der Waals surface area (Å²) in [6.07, 6.45) is 9.11. The van der Waals surface area contributed by atoms with Crippen LogP contribution in [0.3, 0.4) is 0 Å². The van der Waals surface area contributed by atoms with Gasteiger partial charge >= 0.3 is 0 Å². The number of amides is 4. The van der Waals surface area contributed by atoms with E-state index in [0.29, 0.717) is 36.1 Å². The van der Waals surface area contributed by atoms with Crippen LogP contribution in [-0.4, -0.2) is 119 Å². The summed E-state index contributed by atoms with van der Waals surface area (Å²) in [5.74, 6) is 0.387. The first kappa shape index (κ1) is 37.1. The van der Waals surface area contributed by atoms with Gasteiger partial charge in [-0.2, -0.15) is 4.98 Å². The standard InChI is InChI=1S/C43H52N10O4/c1-48(2)42(57)37-23-30-25-44-43(47-39(30)53(37)33-5-3-4-6-33)45-31-8-11-32(12-9-31)51-21-19-49(20-22-51)26-28-15-17-50(18-16-28)34-10-7-29-27-52(41(56)35(29)24-34)36-13-14-38(54)46-40(36)55/h7-12,23-25,28,33,36H,3-6,13-22,26-27H2,1-2H3,(H,44,45,47)(H,46,54,55). The number of fused-ring (bicyclic) bond motifs is 2. The Balaban J connectivity index is 0.756. The summed E-state index contributed by atoms with van der Waals surface area (Å²) in [5.41, 5.74) is 6.30. The lowest BCUT2D eigenvalue weighted by Gasteiger charge is -2.40. The van der Waals surface area contributed by atoms with E-state index in [-0.39, 0.29) is 36.1 Å². The van der Waals surface area contributed by atoms with E-state index in [1.165, 1.54) is 5.69 Å². The van der Waals surface area contributed by atoms with Crippen LogP contribution in [0.2, 0.25) is 0 Å². The summed E-state index contributed by atoms with van der Waals surface area (Å²) in [5, 5.41) is 6.67. The fourth-order valence-corrected chi connectivity index (χ4v) is 9.55. The van der Waals surface area contributed by atoms with Crippen molar-refractivity contribution in [2.45, 2.75) is 70.0 Å². The fourth-order valence-electron chi connectivity index (χ4n) is 9.55. The third-order valence-corrected chi connectivity index (χ3v) is 12.8. The molecule has 9 rings (SSSR count). The smallest absolute Gasteiger partial charge is 0.270 e. The van der Waals surface area contributed by atoms with E-state index in [0.717, 1.165) is 112 Å². The van der Waals surface area contributed by atoms with Gasteiger partial charge in [-0.25, -0.2) is 4.98 Å². The molecule has 4 aromatic rings. The Morgan fingerprint density at radius 3 is 2.30 bits per heavy atom. The van der Waals surface area contributed by atoms with Crippen LogP contribution in [0.25, 0.3) is 11.0 Å². The van der Waals surface area contributed by atoms with Crippen molar-refractivity contribution in [1.82, 2.24) is 34.6 Å². The van der Waals surface area contributed by atoms with Crippen molar-refractivity contribution < 1.29 is 19.2 Å². The number of aromatic nitrogens is 3. The number of nitrogens with zero attached hydrogens (tertiary/aromatic N) is 8. The lowest BCUT2D eigenvalue weighted by atomic mass is 9.95. The molecule has 1 atom stereocenters. The second kappa shape index (κ2) is 15.4. The molecular formula is C43H52N10O4. The van der Waals surface area contributed by atoms with Gasteiger partial charge in [-0.3, -0.25) is 29.4 Å². The first-order chi connectivity index (χ1) is 27.7. The topological polar surface area (TPSA) is 139 Å². The van der Waals surface area contributed by atoms with Crippen LogP contribution in [0.15, 0.2) is 54.7 Å². The Kier molecular flexibility index (Phi) is 10.1. The van der Waals surface area contributed by atoms with Gasteiger partial charge in [0.1, 0.15) is 17.4 Å². The number of piperazine rings is 1. The van der Waals surface area contributed by atoms with Gasteiger partial charge in [-0.15, -0.1) is 0 Å². The lowest BCUT2D eigenvalue weighted by Crippen LogP contribution is -2.52. The van der Waals surface area contributed by atoms with Gasteiger partial charge in [0.15, 0.2) is 0 Å². The maximum absolute atomic E-state index is 13.4. The monoisotopic (exact) mass is 772 g/mol. The van der Waals surface area contributed by atoms with Crippen LogP contribution in [0.4, 0.5) is 23.0 Å². The molecule has 6 heterocycles. The van der Waals surface area contributed by atoms with E-state index in [1.807, 2.05) is 24.4 Å². The highest BCUT2D eigenvalue weighted by atomic mass is 16.2. The first-order valence-corrected chi connectivity index (χ1v) is 20.6. The molecule has 0 spiro atoms. The minimum atomic E-state index is -0.590. The maximum Gasteiger partial charge on any atom is 0.270 e. The Morgan fingerprint density at radius 2 is 1.58 bits per heavy atom. The number of anilines is 4. The number of piperidine rings is 2. The summed E-state index contributed by atoms with van der Waals surface area (Å²) in [4.78, 5) is 70.8. The van der Waals surface area contributed by atoms with Crippen LogP contribution >= 0.6 is 0 Å². The number of imide groups is 1. The molecule has 1 saturated carbocycles. The van der Waals surface area contributed by atoms with E-state index in [1.54, 1.807) is 23.9 Å². The van der Waals surface area contributed by atoms with Gasteiger partial charge in [-0.05, 0) is 86.1 Å². The molecule has 0 bridgehead atoms. The molecule has 4 fully saturated rings. The Bertz CT molecular complexity index is 2180. The molecule has 0 radical (unpaired) electrons. The van der Waals surface area contributed by atoms with E-state index in [9.17, 15) is 19.2 Å². The van der Waals surface area contributed by atoms with Crippen molar-refractivity contribution in [3.8, 4) is 0 Å². The van der Waals surface area contributed by atoms with Gasteiger partial charge in [0.2, 0.25) is 17.8 Å². The Labute approximate surface area is 333 Å². The SMILES string of the molecule is CN(C)C(=O)c1cc2cnc(Nc3ccc(N4CCN(CC5CCN(c6ccc7c(c6)C(=O)N(C6CCC(=O)NC6=O)C7)CC5)CC4)cc3)nc2n1C1CCCC1. The van der Waals surface area contributed by atoms with Gasteiger partial charge in [0, 0.05) is 113 Å². The zero-order valence-corrected chi connectivity index (χ0v) is 33.0. The molecule has 57 heavy (non-hydrogen) atoms. The fraction of sp³-hybridized carbons (Fsp3) is 0.488. The summed E-state index contributed by atoms with van der Waals surface area (Å²) < 4.78 is 2.14. The number of rotatable bonds is 9. The van der Waals surface area contributed by atoms with Crippen molar-refractivity contribution in [3.63, 3.8) is 0 Å². The number of hydrogen-bond donors (Lipinski definition) is 2. The van der Waals surface area contributed by atoms with Gasteiger partial charge in [0.05, 0.1) is 0 Å². The van der Waals surface area contributed by atoms with E-state index in [2.05, 4.69) is 65.2 Å². The Morgan fingerprint density at radius 1 is 0.860 bits per heavy atom. The van der Waals surface area contributed by atoms with E-state index in [4.69, 9.17) is 4.98 Å². The molecule has 2 aromatic heterocycles. The van der Waals surface area contributed by atoms with Crippen LogP contribution < -0.4 is 20.4 Å². The average molecular weight is 773 g/mol. The number of benzene rings is 2. The molecule has 5 aliphatic rings. The molecule has 1 aliphatic carbocycles. The van der Waals surface area contributed by atoms with Crippen LogP contribution in [0.5, 0.6) is 0 Å². The maximum atomic E-state index is 13.4. The van der Waals surface area contributed by atoms with Gasteiger partial charge in [-0.1, -0.05) is 18.9 Å². The van der Waals surface area contributed by atoms with Gasteiger partial charge < -0.3 is 29.5 Å². The van der Waals surface area contributed by atoms with E-state index >= 15 is 0 Å². The molecule has 14 nitrogen and oxygen atoms in total. The summed E-state index contributed by atoms with van der Waals surface area (Å²) in [7, 11) is 3.58. The predicted octanol–water partition coefficient (Wildman–Crippen LogP) is 4.79. The van der Waals surface area contributed by atoms with Crippen molar-refractivity contribution in [1.29, 1.82) is 0 Å². The van der Waals surface area contributed by atoms with Crippen molar-refractivity contribution in [3.05, 3.63) is 71.5 Å². The minimum Gasteiger partial charge on any atom is -0.371 e. The quantitative estimate of drug-likeness (QED) is 0.229. The molecule has 4 amide bonds. The number of hydrogen-bond acceptors (Lipinski definition) is 10. The number of nitrogens with one attached hydrogen (secondary N) is 2. The lowest BCUT2D eigenvalue weighted by molar-refractivity contribution is -0.136. The molecule has 298 valence electrons. The zero-order valence-electron chi connectivity index (χ0n) is 33.0. The van der Waals surface area contributed by atoms with Gasteiger partial charge in [0.25, 0.3) is 11.8 Å². The third kappa shape index (κ3) is 7.42. The van der Waals surface area contributed by atoms with Crippen molar-refractivity contribution >= 4 is 57.7 Å². The number of carbonyl (C=O) groups excluding carboxylic acids is 4. The Hall–Kier alpha value is -5.50. The van der Waals surface area contributed by atoms with Crippen molar-refractivity contribution in [2.75, 3.05) is 75.0 Å². The third-order valence-electron chi connectivity index (χ3n) is 12.8. The molecule has 3 saturated heterocycles. The highest BCUT2D eigenvalue weighted by molar-refractivity contribution is 6.05. The molecule has 2 N–H and O–H groups in total. The predicted molar refractivity (Wildman–Crippen MR) is 219 cm³/mol. The van der Waals surface area contributed by atoms with Crippen LogP contribution in [0, 0.1) is 5.92 Å². The second-order valence-electron chi connectivity index (χ2n) is 16.6. The molecule has 14 heteroatoms. The molecule has 4 aliphatic heterocycles. The van der Waals surface area contributed by atoms with Crippen LogP contribution in [-0.2, 0) is 16.1 Å². The largest absolute Gasteiger partial charge is 0.371 e. The van der Waals surface area contributed by atoms with Crippen molar-refractivity contribution in [2.24, 2.45) is 5.92 Å². The molecular weight excluding hydrogens is 721 g/mol. The average Bonchev–Trinajstić information content (AvgIpc) is 3.96. The summed E-state index contributed by atoms with van der Waals surface area (Å²) in [6, 6.07) is 16.3. The normalized spacial score (nSPS) is 21.1.